The summed E-state index contributed by atoms with van der Waals surface area (Å²) in [6, 6.07) is 19.3. The number of ether oxygens (including phenoxy) is 2. The molecule has 0 spiro atoms. The number of nitrogens with zero attached hydrogens (tertiary/aromatic N) is 2. The lowest BCUT2D eigenvalue weighted by Gasteiger charge is -2.12. The SMILES string of the molecule is CCN1C(=O)/C(=C\c2ccc(OCc3cccc(F)c3)c(Br)c2)SC1=Nc1ccc(OC)cc1. The summed E-state index contributed by atoms with van der Waals surface area (Å²) in [7, 11) is 1.61. The molecule has 1 fully saturated rings. The number of hydrogen-bond donors (Lipinski definition) is 0. The third-order valence-electron chi connectivity index (χ3n) is 5.04. The van der Waals surface area contributed by atoms with E-state index in [2.05, 4.69) is 20.9 Å². The third kappa shape index (κ3) is 5.69. The number of amides is 1. The number of hydrogen-bond acceptors (Lipinski definition) is 5. The van der Waals surface area contributed by atoms with Crippen LogP contribution in [0.4, 0.5) is 10.1 Å². The minimum atomic E-state index is -0.295. The molecule has 5 nitrogen and oxygen atoms in total. The number of rotatable bonds is 7. The molecule has 0 aromatic heterocycles. The van der Waals surface area contributed by atoms with Gasteiger partial charge in [0.1, 0.15) is 23.9 Å². The van der Waals surface area contributed by atoms with E-state index in [0.717, 1.165) is 27.0 Å². The molecule has 4 rings (SSSR count). The van der Waals surface area contributed by atoms with E-state index in [1.807, 2.05) is 61.5 Å². The topological polar surface area (TPSA) is 51.1 Å². The van der Waals surface area contributed by atoms with Crippen molar-refractivity contribution in [3.8, 4) is 11.5 Å². The lowest BCUT2D eigenvalue weighted by atomic mass is 10.2. The Labute approximate surface area is 210 Å². The fourth-order valence-corrected chi connectivity index (χ4v) is 4.87. The fourth-order valence-electron chi connectivity index (χ4n) is 3.30. The van der Waals surface area contributed by atoms with E-state index < -0.39 is 0 Å². The van der Waals surface area contributed by atoms with E-state index in [0.29, 0.717) is 22.4 Å². The van der Waals surface area contributed by atoms with E-state index in [1.165, 1.54) is 23.9 Å². The van der Waals surface area contributed by atoms with Gasteiger partial charge in [-0.2, -0.15) is 0 Å². The van der Waals surface area contributed by atoms with Crippen molar-refractivity contribution in [1.82, 2.24) is 4.90 Å². The van der Waals surface area contributed by atoms with Gasteiger partial charge in [-0.1, -0.05) is 18.2 Å². The van der Waals surface area contributed by atoms with Crippen LogP contribution in [0.25, 0.3) is 6.08 Å². The van der Waals surface area contributed by atoms with Crippen LogP contribution in [0, 0.1) is 5.82 Å². The summed E-state index contributed by atoms with van der Waals surface area (Å²) in [5, 5.41) is 0.637. The number of aliphatic imine (C=N–C) groups is 1. The molecule has 0 unspecified atom stereocenters. The summed E-state index contributed by atoms with van der Waals surface area (Å²) < 4.78 is 25.1. The van der Waals surface area contributed by atoms with Crippen molar-refractivity contribution in [3.05, 3.63) is 93.1 Å². The first-order valence-corrected chi connectivity index (χ1v) is 12.2. The number of likely N-dealkylation sites (N-methyl/N-ethyl adjacent to an activating group) is 1. The maximum absolute atomic E-state index is 13.4. The number of carbonyl (C=O) groups is 1. The second-order valence-electron chi connectivity index (χ2n) is 7.36. The van der Waals surface area contributed by atoms with E-state index in [4.69, 9.17) is 9.47 Å². The summed E-state index contributed by atoms with van der Waals surface area (Å²) >= 11 is 4.87. The molecule has 8 heteroatoms. The van der Waals surface area contributed by atoms with Crippen LogP contribution in [-0.2, 0) is 11.4 Å². The highest BCUT2D eigenvalue weighted by atomic mass is 79.9. The summed E-state index contributed by atoms with van der Waals surface area (Å²) in [4.78, 5) is 19.9. The molecule has 0 N–H and O–H groups in total. The van der Waals surface area contributed by atoms with Gasteiger partial charge in [-0.05, 0) is 100 Å². The molecular weight excluding hydrogens is 519 g/mol. The van der Waals surface area contributed by atoms with Crippen LogP contribution < -0.4 is 9.47 Å². The van der Waals surface area contributed by atoms with Crippen molar-refractivity contribution in [3.63, 3.8) is 0 Å². The van der Waals surface area contributed by atoms with Gasteiger partial charge in [0.25, 0.3) is 5.91 Å². The summed E-state index contributed by atoms with van der Waals surface area (Å²) in [6.45, 7) is 2.70. The minimum Gasteiger partial charge on any atom is -0.497 e. The van der Waals surface area contributed by atoms with E-state index in [1.54, 1.807) is 18.1 Å². The molecule has 0 saturated carbocycles. The standard InChI is InChI=1S/C26H22BrFN2O3S/c1-3-30-25(31)24(34-26(30)29-20-8-10-21(32-2)11-9-20)15-17-7-12-23(22(27)14-17)33-16-18-5-4-6-19(28)13-18/h4-15H,3,16H2,1-2H3/b24-15+,29-26?. The molecule has 1 aliphatic rings. The fraction of sp³-hybridized carbons (Fsp3) is 0.154. The number of amidine groups is 1. The van der Waals surface area contributed by atoms with Crippen LogP contribution in [-0.4, -0.2) is 29.6 Å². The molecule has 0 atom stereocenters. The van der Waals surface area contributed by atoms with Crippen LogP contribution in [0.1, 0.15) is 18.1 Å². The normalized spacial score (nSPS) is 15.9. The number of carbonyl (C=O) groups excluding carboxylic acids is 1. The van der Waals surface area contributed by atoms with Crippen molar-refractivity contribution in [1.29, 1.82) is 0 Å². The van der Waals surface area contributed by atoms with Crippen LogP contribution in [0.3, 0.4) is 0 Å². The van der Waals surface area contributed by atoms with E-state index in [-0.39, 0.29) is 18.3 Å². The van der Waals surface area contributed by atoms with Gasteiger partial charge in [0.15, 0.2) is 5.17 Å². The van der Waals surface area contributed by atoms with E-state index >= 15 is 0 Å². The molecule has 1 amide bonds. The Morgan fingerprint density at radius 3 is 2.59 bits per heavy atom. The molecule has 0 bridgehead atoms. The zero-order valence-corrected chi connectivity index (χ0v) is 21.0. The van der Waals surface area contributed by atoms with Crippen molar-refractivity contribution < 1.29 is 18.7 Å². The molecule has 3 aromatic carbocycles. The van der Waals surface area contributed by atoms with Gasteiger partial charge in [0, 0.05) is 6.54 Å². The average molecular weight is 541 g/mol. The van der Waals surface area contributed by atoms with E-state index in [9.17, 15) is 9.18 Å². The molecule has 1 heterocycles. The summed E-state index contributed by atoms with van der Waals surface area (Å²) in [5.74, 6) is 1.01. The van der Waals surface area contributed by atoms with Crippen LogP contribution in [0.5, 0.6) is 11.5 Å². The Morgan fingerprint density at radius 1 is 1.12 bits per heavy atom. The molecule has 3 aromatic rings. The number of halogens is 2. The Bertz CT molecular complexity index is 1260. The highest BCUT2D eigenvalue weighted by molar-refractivity contribution is 9.10. The zero-order chi connectivity index (χ0) is 24.1. The predicted octanol–water partition coefficient (Wildman–Crippen LogP) is 6.80. The average Bonchev–Trinajstić information content (AvgIpc) is 3.12. The third-order valence-corrected chi connectivity index (χ3v) is 6.66. The second-order valence-corrected chi connectivity index (χ2v) is 9.22. The first kappa shape index (κ1) is 24.0. The Hall–Kier alpha value is -3.10. The van der Waals surface area contributed by atoms with Crippen molar-refractivity contribution in [2.45, 2.75) is 13.5 Å². The number of methoxy groups -OCH3 is 1. The highest BCUT2D eigenvalue weighted by Gasteiger charge is 2.32. The molecule has 1 saturated heterocycles. The van der Waals surface area contributed by atoms with Gasteiger partial charge < -0.3 is 9.47 Å². The number of benzene rings is 3. The maximum atomic E-state index is 13.4. The van der Waals surface area contributed by atoms with Gasteiger partial charge in [0.2, 0.25) is 0 Å². The van der Waals surface area contributed by atoms with Gasteiger partial charge in [0.05, 0.1) is 22.2 Å². The Kier molecular flexibility index (Phi) is 7.70. The van der Waals surface area contributed by atoms with Crippen LogP contribution in [0.15, 0.2) is 81.1 Å². The molecule has 174 valence electrons. The van der Waals surface area contributed by atoms with Crippen molar-refractivity contribution in [2.24, 2.45) is 4.99 Å². The summed E-state index contributed by atoms with van der Waals surface area (Å²) in [5.41, 5.74) is 2.34. The minimum absolute atomic E-state index is 0.0812. The quantitative estimate of drug-likeness (QED) is 0.309. The molecule has 1 aliphatic heterocycles. The monoisotopic (exact) mass is 540 g/mol. The maximum Gasteiger partial charge on any atom is 0.266 e. The zero-order valence-electron chi connectivity index (χ0n) is 18.6. The molecule has 0 radical (unpaired) electrons. The Balaban J connectivity index is 1.50. The van der Waals surface area contributed by atoms with Crippen molar-refractivity contribution in [2.75, 3.05) is 13.7 Å². The first-order valence-electron chi connectivity index (χ1n) is 10.6. The van der Waals surface area contributed by atoms with Gasteiger partial charge in [-0.3, -0.25) is 9.69 Å². The second kappa shape index (κ2) is 10.9. The summed E-state index contributed by atoms with van der Waals surface area (Å²) in [6.07, 6.45) is 1.84. The largest absolute Gasteiger partial charge is 0.497 e. The van der Waals surface area contributed by atoms with Gasteiger partial charge in [-0.15, -0.1) is 0 Å². The van der Waals surface area contributed by atoms with Gasteiger partial charge >= 0.3 is 0 Å². The lowest BCUT2D eigenvalue weighted by Crippen LogP contribution is -2.28. The lowest BCUT2D eigenvalue weighted by molar-refractivity contribution is -0.122. The smallest absolute Gasteiger partial charge is 0.266 e. The molecule has 0 aliphatic carbocycles. The number of thioether (sulfide) groups is 1. The Morgan fingerprint density at radius 2 is 1.91 bits per heavy atom. The highest BCUT2D eigenvalue weighted by Crippen LogP contribution is 2.35. The van der Waals surface area contributed by atoms with Crippen molar-refractivity contribution >= 4 is 50.5 Å². The first-order chi connectivity index (χ1) is 16.5. The van der Waals surface area contributed by atoms with Crippen LogP contribution >= 0.6 is 27.7 Å². The van der Waals surface area contributed by atoms with Crippen LogP contribution in [0.2, 0.25) is 0 Å². The molecular formula is C26H22BrFN2O3S. The van der Waals surface area contributed by atoms with Gasteiger partial charge in [-0.25, -0.2) is 9.38 Å². The molecule has 34 heavy (non-hydrogen) atoms. The predicted molar refractivity (Wildman–Crippen MR) is 138 cm³/mol.